The first kappa shape index (κ1) is 16.5. The molecule has 116 valence electrons. The van der Waals surface area contributed by atoms with Crippen LogP contribution in [0.5, 0.6) is 0 Å². The summed E-state index contributed by atoms with van der Waals surface area (Å²) in [5.41, 5.74) is 1.86. The summed E-state index contributed by atoms with van der Waals surface area (Å²) in [4.78, 5) is 12.0. The molecule has 2 aromatic rings. The smallest absolute Gasteiger partial charge is 0.267 e. The standard InChI is InChI=1S/C17H13ClFN3O/c1-11-2-5-15(8-16(11)18)21-10-12(9-20)17(23)22-14-6-3-13(19)4-7-14/h2-8,10,21H,1H3,(H,22,23)/b12-10-. The Bertz CT molecular complexity index is 794. The molecule has 1 amide bonds. The number of halogens is 2. The van der Waals surface area contributed by atoms with Gasteiger partial charge in [0, 0.05) is 22.6 Å². The SMILES string of the molecule is Cc1ccc(N/C=C(/C#N)C(=O)Nc2ccc(F)cc2)cc1Cl. The third kappa shape index (κ3) is 4.56. The zero-order chi connectivity index (χ0) is 16.8. The van der Waals surface area contributed by atoms with E-state index in [0.29, 0.717) is 16.4 Å². The normalized spacial score (nSPS) is 10.8. The lowest BCUT2D eigenvalue weighted by molar-refractivity contribution is -0.112. The molecule has 0 aliphatic carbocycles. The van der Waals surface area contributed by atoms with E-state index < -0.39 is 11.7 Å². The molecule has 0 aromatic heterocycles. The first-order chi connectivity index (χ1) is 11.0. The van der Waals surface area contributed by atoms with Crippen molar-refractivity contribution in [1.82, 2.24) is 0 Å². The van der Waals surface area contributed by atoms with Gasteiger partial charge in [-0.15, -0.1) is 0 Å². The minimum Gasteiger partial charge on any atom is -0.360 e. The highest BCUT2D eigenvalue weighted by Crippen LogP contribution is 2.20. The van der Waals surface area contributed by atoms with Gasteiger partial charge in [-0.05, 0) is 48.9 Å². The van der Waals surface area contributed by atoms with Gasteiger partial charge in [-0.25, -0.2) is 4.39 Å². The van der Waals surface area contributed by atoms with Gasteiger partial charge in [0.05, 0.1) is 0 Å². The summed E-state index contributed by atoms with van der Waals surface area (Å²) in [6.07, 6.45) is 1.29. The van der Waals surface area contributed by atoms with E-state index in [4.69, 9.17) is 16.9 Å². The number of nitrogens with one attached hydrogen (secondary N) is 2. The topological polar surface area (TPSA) is 64.9 Å². The Balaban J connectivity index is 2.08. The maximum atomic E-state index is 12.8. The highest BCUT2D eigenvalue weighted by atomic mass is 35.5. The zero-order valence-electron chi connectivity index (χ0n) is 12.2. The van der Waals surface area contributed by atoms with E-state index in [1.165, 1.54) is 30.5 Å². The monoisotopic (exact) mass is 329 g/mol. The van der Waals surface area contributed by atoms with Gasteiger partial charge in [-0.2, -0.15) is 5.26 Å². The molecule has 0 radical (unpaired) electrons. The first-order valence-electron chi connectivity index (χ1n) is 6.69. The average molecular weight is 330 g/mol. The highest BCUT2D eigenvalue weighted by molar-refractivity contribution is 6.31. The molecule has 4 nitrogen and oxygen atoms in total. The predicted molar refractivity (Wildman–Crippen MR) is 88.5 cm³/mol. The fourth-order valence-electron chi connectivity index (χ4n) is 1.72. The second-order valence-electron chi connectivity index (χ2n) is 4.74. The summed E-state index contributed by atoms with van der Waals surface area (Å²) in [5.74, 6) is -0.998. The van der Waals surface area contributed by atoms with Gasteiger partial charge in [0.1, 0.15) is 17.5 Å². The Morgan fingerprint density at radius 2 is 1.87 bits per heavy atom. The number of carbonyl (C=O) groups is 1. The Hall–Kier alpha value is -2.84. The summed E-state index contributed by atoms with van der Waals surface area (Å²) in [7, 11) is 0. The van der Waals surface area contributed by atoms with Crippen molar-refractivity contribution in [3.8, 4) is 6.07 Å². The van der Waals surface area contributed by atoms with Gasteiger partial charge in [0.15, 0.2) is 0 Å². The van der Waals surface area contributed by atoms with E-state index in [0.717, 1.165) is 5.56 Å². The van der Waals surface area contributed by atoms with Crippen LogP contribution < -0.4 is 10.6 Å². The number of rotatable bonds is 4. The number of hydrogen-bond acceptors (Lipinski definition) is 3. The van der Waals surface area contributed by atoms with Crippen molar-refractivity contribution < 1.29 is 9.18 Å². The number of carbonyl (C=O) groups excluding carboxylic acids is 1. The molecular weight excluding hydrogens is 317 g/mol. The van der Waals surface area contributed by atoms with Crippen LogP contribution in [0.25, 0.3) is 0 Å². The number of benzene rings is 2. The minimum atomic E-state index is -0.593. The van der Waals surface area contributed by atoms with E-state index in [9.17, 15) is 9.18 Å². The second kappa shape index (κ2) is 7.43. The van der Waals surface area contributed by atoms with Gasteiger partial charge in [0.2, 0.25) is 0 Å². The zero-order valence-corrected chi connectivity index (χ0v) is 13.0. The largest absolute Gasteiger partial charge is 0.360 e. The van der Waals surface area contributed by atoms with Crippen LogP contribution in [0.3, 0.4) is 0 Å². The van der Waals surface area contributed by atoms with Crippen molar-refractivity contribution in [3.05, 3.63) is 70.6 Å². The number of nitrogens with zero attached hydrogens (tertiary/aromatic N) is 1. The van der Waals surface area contributed by atoms with Crippen molar-refractivity contribution in [2.24, 2.45) is 0 Å². The van der Waals surface area contributed by atoms with Crippen LogP contribution in [0.2, 0.25) is 5.02 Å². The summed E-state index contributed by atoms with van der Waals surface area (Å²) < 4.78 is 12.8. The van der Waals surface area contributed by atoms with Gasteiger partial charge in [-0.3, -0.25) is 4.79 Å². The fourth-order valence-corrected chi connectivity index (χ4v) is 1.90. The molecule has 0 saturated carbocycles. The van der Waals surface area contributed by atoms with Crippen LogP contribution in [-0.4, -0.2) is 5.91 Å². The van der Waals surface area contributed by atoms with Gasteiger partial charge in [0.25, 0.3) is 5.91 Å². The van der Waals surface area contributed by atoms with E-state index in [1.54, 1.807) is 12.1 Å². The molecule has 23 heavy (non-hydrogen) atoms. The quantitative estimate of drug-likeness (QED) is 0.651. The van der Waals surface area contributed by atoms with Crippen molar-refractivity contribution in [2.75, 3.05) is 10.6 Å². The van der Waals surface area contributed by atoms with Crippen LogP contribution in [0, 0.1) is 24.1 Å². The molecule has 2 rings (SSSR count). The lowest BCUT2D eigenvalue weighted by atomic mass is 10.2. The van der Waals surface area contributed by atoms with E-state index >= 15 is 0 Å². The van der Waals surface area contributed by atoms with Gasteiger partial charge < -0.3 is 10.6 Å². The summed E-state index contributed by atoms with van der Waals surface area (Å²) in [6.45, 7) is 1.87. The first-order valence-corrected chi connectivity index (χ1v) is 7.07. The molecule has 0 spiro atoms. The Kier molecular flexibility index (Phi) is 5.34. The lowest BCUT2D eigenvalue weighted by Crippen LogP contribution is -2.14. The Labute approximate surface area is 138 Å². The molecular formula is C17H13ClFN3O. The predicted octanol–water partition coefficient (Wildman–Crippen LogP) is 4.25. The number of aryl methyl sites for hydroxylation is 1. The van der Waals surface area contributed by atoms with Crippen molar-refractivity contribution >= 4 is 28.9 Å². The number of amides is 1. The van der Waals surface area contributed by atoms with E-state index in [-0.39, 0.29) is 5.57 Å². The molecule has 0 unspecified atom stereocenters. The van der Waals surface area contributed by atoms with E-state index in [2.05, 4.69) is 10.6 Å². The Morgan fingerprint density at radius 3 is 2.48 bits per heavy atom. The van der Waals surface area contributed by atoms with Crippen LogP contribution in [-0.2, 0) is 4.79 Å². The Morgan fingerprint density at radius 1 is 1.22 bits per heavy atom. The molecule has 2 aromatic carbocycles. The summed E-state index contributed by atoms with van der Waals surface area (Å²) >= 11 is 6.01. The fraction of sp³-hybridized carbons (Fsp3) is 0.0588. The summed E-state index contributed by atoms with van der Waals surface area (Å²) in [6, 6.07) is 12.4. The van der Waals surface area contributed by atoms with Crippen LogP contribution >= 0.6 is 11.6 Å². The molecule has 0 saturated heterocycles. The molecule has 0 heterocycles. The second-order valence-corrected chi connectivity index (χ2v) is 5.15. The van der Waals surface area contributed by atoms with E-state index in [1.807, 2.05) is 19.1 Å². The van der Waals surface area contributed by atoms with Gasteiger partial charge in [-0.1, -0.05) is 17.7 Å². The van der Waals surface area contributed by atoms with Crippen molar-refractivity contribution in [2.45, 2.75) is 6.92 Å². The molecule has 0 aliphatic heterocycles. The molecule has 2 N–H and O–H groups in total. The molecule has 0 aliphatic rings. The number of hydrogen-bond donors (Lipinski definition) is 2. The number of anilines is 2. The molecule has 0 atom stereocenters. The average Bonchev–Trinajstić information content (AvgIpc) is 2.53. The minimum absolute atomic E-state index is 0.119. The lowest BCUT2D eigenvalue weighted by Gasteiger charge is -2.06. The third-order valence-corrected chi connectivity index (χ3v) is 3.43. The maximum absolute atomic E-state index is 12.8. The molecule has 0 fully saturated rings. The summed E-state index contributed by atoms with van der Waals surface area (Å²) in [5, 5.41) is 15.0. The van der Waals surface area contributed by atoms with Crippen LogP contribution in [0.15, 0.2) is 54.2 Å². The van der Waals surface area contributed by atoms with Crippen molar-refractivity contribution in [3.63, 3.8) is 0 Å². The van der Waals surface area contributed by atoms with Gasteiger partial charge >= 0.3 is 0 Å². The maximum Gasteiger partial charge on any atom is 0.267 e. The highest BCUT2D eigenvalue weighted by Gasteiger charge is 2.09. The van der Waals surface area contributed by atoms with Crippen LogP contribution in [0.1, 0.15) is 5.56 Å². The molecule has 6 heteroatoms. The third-order valence-electron chi connectivity index (χ3n) is 3.02. The number of nitriles is 1. The van der Waals surface area contributed by atoms with Crippen molar-refractivity contribution in [1.29, 1.82) is 5.26 Å². The van der Waals surface area contributed by atoms with Crippen LogP contribution in [0.4, 0.5) is 15.8 Å². The molecule has 0 bridgehead atoms.